The number of carbonyl (C=O) groups is 2. The molecule has 2 saturated heterocycles. The summed E-state index contributed by atoms with van der Waals surface area (Å²) in [5, 5.41) is 2.78. The van der Waals surface area contributed by atoms with Gasteiger partial charge in [-0.15, -0.1) is 12.4 Å². The van der Waals surface area contributed by atoms with Crippen molar-refractivity contribution < 1.29 is 14.3 Å². The molecule has 0 saturated carbocycles. The third kappa shape index (κ3) is 4.56. The molecule has 0 aromatic heterocycles. The number of nitrogens with one attached hydrogen (secondary N) is 1. The van der Waals surface area contributed by atoms with Gasteiger partial charge in [-0.1, -0.05) is 0 Å². The molecule has 2 amide bonds. The third-order valence-electron chi connectivity index (χ3n) is 4.43. The van der Waals surface area contributed by atoms with E-state index < -0.39 is 5.41 Å². The first-order valence-corrected chi connectivity index (χ1v) is 7.52. The number of likely N-dealkylation sites (tertiary alicyclic amines) is 1. The number of hydrogen-bond acceptors (Lipinski definition) is 4. The van der Waals surface area contributed by atoms with Crippen molar-refractivity contribution in [1.29, 1.82) is 0 Å². The molecule has 0 atom stereocenters. The quantitative estimate of drug-likeness (QED) is 0.780. The summed E-state index contributed by atoms with van der Waals surface area (Å²) in [7, 11) is 0. The molecule has 2 heterocycles. The van der Waals surface area contributed by atoms with Crippen LogP contribution in [0.4, 0.5) is 0 Å². The van der Waals surface area contributed by atoms with Crippen molar-refractivity contribution in [3.05, 3.63) is 0 Å². The van der Waals surface area contributed by atoms with Gasteiger partial charge in [-0.2, -0.15) is 0 Å². The third-order valence-corrected chi connectivity index (χ3v) is 4.43. The van der Waals surface area contributed by atoms with Crippen LogP contribution in [0, 0.1) is 5.41 Å². The summed E-state index contributed by atoms with van der Waals surface area (Å²) in [5.74, 6) is -0.0917. The first-order chi connectivity index (χ1) is 9.68. The summed E-state index contributed by atoms with van der Waals surface area (Å²) in [5.41, 5.74) is 5.22. The second-order valence-electron chi connectivity index (χ2n) is 5.72. The Labute approximate surface area is 132 Å². The number of carbonyl (C=O) groups excluding carboxylic acids is 2. The van der Waals surface area contributed by atoms with E-state index in [1.54, 1.807) is 0 Å². The van der Waals surface area contributed by atoms with E-state index in [1.807, 2.05) is 4.90 Å². The minimum Gasteiger partial charge on any atom is -0.381 e. The summed E-state index contributed by atoms with van der Waals surface area (Å²) in [4.78, 5) is 26.2. The van der Waals surface area contributed by atoms with Crippen LogP contribution in [0.25, 0.3) is 0 Å². The van der Waals surface area contributed by atoms with Crippen LogP contribution in [0.5, 0.6) is 0 Å². The van der Waals surface area contributed by atoms with E-state index in [0.717, 1.165) is 25.9 Å². The summed E-state index contributed by atoms with van der Waals surface area (Å²) in [6, 6.07) is 0. The minimum absolute atomic E-state index is 0. The van der Waals surface area contributed by atoms with Gasteiger partial charge < -0.3 is 20.7 Å². The fourth-order valence-corrected chi connectivity index (χ4v) is 2.88. The van der Waals surface area contributed by atoms with Crippen molar-refractivity contribution in [2.75, 3.05) is 39.4 Å². The van der Waals surface area contributed by atoms with Gasteiger partial charge in [0.1, 0.15) is 0 Å². The van der Waals surface area contributed by atoms with Crippen LogP contribution in [0.15, 0.2) is 0 Å². The Balaban J connectivity index is 0.00000220. The first-order valence-electron chi connectivity index (χ1n) is 7.52. The Morgan fingerprint density at radius 1 is 1.14 bits per heavy atom. The number of ether oxygens (including phenoxy) is 1. The second kappa shape index (κ2) is 8.56. The molecule has 2 aliphatic rings. The number of hydrogen-bond donors (Lipinski definition) is 2. The number of nitrogens with two attached hydrogens (primary N) is 1. The van der Waals surface area contributed by atoms with Crippen LogP contribution < -0.4 is 11.1 Å². The zero-order valence-corrected chi connectivity index (χ0v) is 13.3. The van der Waals surface area contributed by atoms with Gasteiger partial charge in [0.15, 0.2) is 0 Å². The van der Waals surface area contributed by atoms with E-state index in [-0.39, 0.29) is 30.8 Å². The molecule has 3 N–H and O–H groups in total. The predicted molar refractivity (Wildman–Crippen MR) is 82.2 cm³/mol. The lowest BCUT2D eigenvalue weighted by atomic mass is 9.79. The molecule has 0 spiro atoms. The molecule has 0 bridgehead atoms. The van der Waals surface area contributed by atoms with Gasteiger partial charge in [0.25, 0.3) is 0 Å². The maximum absolute atomic E-state index is 12.3. The normalized spacial score (nSPS) is 21.3. The van der Waals surface area contributed by atoms with E-state index in [4.69, 9.17) is 10.5 Å². The molecular weight excluding hydrogens is 294 g/mol. The van der Waals surface area contributed by atoms with Gasteiger partial charge in [-0.3, -0.25) is 9.59 Å². The fourth-order valence-electron chi connectivity index (χ4n) is 2.88. The number of amides is 2. The van der Waals surface area contributed by atoms with Crippen LogP contribution in [0.3, 0.4) is 0 Å². The lowest BCUT2D eigenvalue weighted by molar-refractivity contribution is -0.139. The molecule has 7 heteroatoms. The van der Waals surface area contributed by atoms with E-state index in [2.05, 4.69) is 5.32 Å². The van der Waals surface area contributed by atoms with Crippen molar-refractivity contribution in [2.24, 2.45) is 11.1 Å². The Hall–Kier alpha value is -0.850. The first kappa shape index (κ1) is 18.2. The van der Waals surface area contributed by atoms with E-state index in [0.29, 0.717) is 32.6 Å². The molecular formula is C14H26ClN3O3. The molecule has 0 radical (unpaired) electrons. The highest BCUT2D eigenvalue weighted by molar-refractivity contribution is 5.88. The topological polar surface area (TPSA) is 84.7 Å². The van der Waals surface area contributed by atoms with Crippen LogP contribution in [-0.4, -0.2) is 56.1 Å². The van der Waals surface area contributed by atoms with Crippen molar-refractivity contribution in [3.63, 3.8) is 0 Å². The number of piperidine rings is 1. The zero-order valence-electron chi connectivity index (χ0n) is 12.4. The monoisotopic (exact) mass is 319 g/mol. The molecule has 2 fully saturated rings. The zero-order chi connectivity index (χ0) is 14.4. The molecule has 0 aromatic carbocycles. The summed E-state index contributed by atoms with van der Waals surface area (Å²) >= 11 is 0. The van der Waals surface area contributed by atoms with Gasteiger partial charge in [0.05, 0.1) is 12.0 Å². The molecule has 2 rings (SSSR count). The SMILES string of the molecule is Cl.NCC1(C(=O)NCC(=O)N2CCCCC2)CCOCC1. The maximum atomic E-state index is 12.3. The van der Waals surface area contributed by atoms with Crippen molar-refractivity contribution in [1.82, 2.24) is 10.2 Å². The van der Waals surface area contributed by atoms with Crippen molar-refractivity contribution >= 4 is 24.2 Å². The lowest BCUT2D eigenvalue weighted by Gasteiger charge is -2.34. The number of halogens is 1. The van der Waals surface area contributed by atoms with Crippen LogP contribution in [0.2, 0.25) is 0 Å². The standard InChI is InChI=1S/C14H25N3O3.ClH/c15-11-14(4-8-20-9-5-14)13(19)16-10-12(18)17-6-2-1-3-7-17;/h1-11,15H2,(H,16,19);1H. The molecule has 2 aliphatic heterocycles. The molecule has 6 nitrogen and oxygen atoms in total. The minimum atomic E-state index is -0.555. The highest BCUT2D eigenvalue weighted by atomic mass is 35.5. The van der Waals surface area contributed by atoms with Crippen molar-refractivity contribution in [2.45, 2.75) is 32.1 Å². The number of nitrogens with zero attached hydrogens (tertiary/aromatic N) is 1. The molecule has 0 aliphatic carbocycles. The average Bonchev–Trinajstić information content (AvgIpc) is 2.53. The maximum Gasteiger partial charge on any atom is 0.241 e. The molecule has 0 aromatic rings. The fraction of sp³-hybridized carbons (Fsp3) is 0.857. The largest absolute Gasteiger partial charge is 0.381 e. The number of rotatable bonds is 4. The summed E-state index contributed by atoms with van der Waals surface area (Å²) < 4.78 is 5.29. The average molecular weight is 320 g/mol. The Kier molecular flexibility index (Phi) is 7.42. The smallest absolute Gasteiger partial charge is 0.241 e. The predicted octanol–water partition coefficient (Wildman–Crippen LogP) is 0.292. The van der Waals surface area contributed by atoms with Gasteiger partial charge in [-0.05, 0) is 32.1 Å². The molecule has 21 heavy (non-hydrogen) atoms. The van der Waals surface area contributed by atoms with E-state index >= 15 is 0 Å². The van der Waals surface area contributed by atoms with Gasteiger partial charge in [0, 0.05) is 32.8 Å². The van der Waals surface area contributed by atoms with E-state index in [9.17, 15) is 9.59 Å². The Morgan fingerprint density at radius 2 is 1.76 bits per heavy atom. The lowest BCUT2D eigenvalue weighted by Crippen LogP contribution is -2.51. The van der Waals surface area contributed by atoms with Crippen molar-refractivity contribution in [3.8, 4) is 0 Å². The molecule has 0 unspecified atom stereocenters. The van der Waals surface area contributed by atoms with Gasteiger partial charge >= 0.3 is 0 Å². The van der Waals surface area contributed by atoms with Gasteiger partial charge in [0.2, 0.25) is 11.8 Å². The van der Waals surface area contributed by atoms with Crippen LogP contribution in [-0.2, 0) is 14.3 Å². The summed E-state index contributed by atoms with van der Waals surface area (Å²) in [6.45, 7) is 3.13. The summed E-state index contributed by atoms with van der Waals surface area (Å²) in [6.07, 6.45) is 4.57. The van der Waals surface area contributed by atoms with E-state index in [1.165, 1.54) is 6.42 Å². The van der Waals surface area contributed by atoms with Crippen LogP contribution >= 0.6 is 12.4 Å². The molecule has 122 valence electrons. The van der Waals surface area contributed by atoms with Crippen LogP contribution in [0.1, 0.15) is 32.1 Å². The highest BCUT2D eigenvalue weighted by Gasteiger charge is 2.38. The second-order valence-corrected chi connectivity index (χ2v) is 5.72. The van der Waals surface area contributed by atoms with Gasteiger partial charge in [-0.25, -0.2) is 0 Å². The highest BCUT2D eigenvalue weighted by Crippen LogP contribution is 2.29. The Bertz CT molecular complexity index is 353. The Morgan fingerprint density at radius 3 is 2.33 bits per heavy atom.